The molecule has 0 saturated carbocycles. The molecule has 0 aliphatic carbocycles. The van der Waals surface area contributed by atoms with Crippen molar-refractivity contribution < 1.29 is 14.3 Å². The third-order valence-corrected chi connectivity index (χ3v) is 3.22. The van der Waals surface area contributed by atoms with Crippen molar-refractivity contribution in [2.24, 2.45) is 5.10 Å². The van der Waals surface area contributed by atoms with E-state index in [1.54, 1.807) is 25.1 Å². The van der Waals surface area contributed by atoms with Crippen LogP contribution in [0.25, 0.3) is 0 Å². The van der Waals surface area contributed by atoms with Gasteiger partial charge in [-0.3, -0.25) is 9.59 Å². The fourth-order valence-corrected chi connectivity index (χ4v) is 1.97. The van der Waals surface area contributed by atoms with Gasteiger partial charge in [0.05, 0.1) is 19.2 Å². The van der Waals surface area contributed by atoms with Crippen molar-refractivity contribution in [3.8, 4) is 5.75 Å². The molecule has 0 saturated heterocycles. The van der Waals surface area contributed by atoms with Crippen molar-refractivity contribution in [1.82, 2.24) is 5.43 Å². The number of hydrogen-bond acceptors (Lipinski definition) is 4. The van der Waals surface area contributed by atoms with Crippen LogP contribution in [-0.2, 0) is 9.59 Å². The lowest BCUT2D eigenvalue weighted by Gasteiger charge is -2.10. The molecular weight excluding hydrogens is 318 g/mol. The van der Waals surface area contributed by atoms with Gasteiger partial charge < -0.3 is 10.1 Å². The number of carbonyl (C=O) groups excluding carboxylic acids is 2. The Balaban J connectivity index is 2.56. The summed E-state index contributed by atoms with van der Waals surface area (Å²) in [7, 11) is 1.51. The molecule has 0 aliphatic rings. The number of amides is 2. The van der Waals surface area contributed by atoms with Gasteiger partial charge in [0.1, 0.15) is 5.75 Å². The third-order valence-electron chi connectivity index (χ3n) is 2.98. The van der Waals surface area contributed by atoms with Gasteiger partial charge in [-0.25, -0.2) is 5.43 Å². The quantitative estimate of drug-likeness (QED) is 0.563. The summed E-state index contributed by atoms with van der Waals surface area (Å²) in [6.45, 7) is 3.69. The van der Waals surface area contributed by atoms with Crippen LogP contribution >= 0.6 is 11.6 Å². The number of carbonyl (C=O) groups is 2. The van der Waals surface area contributed by atoms with Crippen LogP contribution in [0.1, 0.15) is 39.5 Å². The molecule has 1 rings (SSSR count). The number of hydrogen-bond donors (Lipinski definition) is 2. The minimum atomic E-state index is -0.269. The lowest BCUT2D eigenvalue weighted by atomic mass is 10.2. The SMILES string of the molecule is CCCCC(=O)N/N=C(/C)CC(=O)Nc1cc(Cl)ccc1OC. The Morgan fingerprint density at radius 3 is 2.70 bits per heavy atom. The number of nitrogens with zero attached hydrogens (tertiary/aromatic N) is 1. The molecule has 0 bridgehead atoms. The molecule has 0 aromatic heterocycles. The molecule has 2 N–H and O–H groups in total. The van der Waals surface area contributed by atoms with Crippen LogP contribution in [0.4, 0.5) is 5.69 Å². The lowest BCUT2D eigenvalue weighted by Crippen LogP contribution is -2.21. The fraction of sp³-hybridized carbons (Fsp3) is 0.438. The van der Waals surface area contributed by atoms with Crippen LogP contribution in [0.5, 0.6) is 5.75 Å². The molecule has 126 valence electrons. The van der Waals surface area contributed by atoms with Crippen LogP contribution in [-0.4, -0.2) is 24.6 Å². The number of ether oxygens (including phenoxy) is 1. The van der Waals surface area contributed by atoms with Gasteiger partial charge >= 0.3 is 0 Å². The minimum Gasteiger partial charge on any atom is -0.495 e. The van der Waals surface area contributed by atoms with Crippen molar-refractivity contribution in [3.05, 3.63) is 23.2 Å². The second-order valence-corrected chi connectivity index (χ2v) is 5.49. The molecule has 0 unspecified atom stereocenters. The van der Waals surface area contributed by atoms with Gasteiger partial charge in [-0.15, -0.1) is 0 Å². The summed E-state index contributed by atoms with van der Waals surface area (Å²) in [5.41, 5.74) is 3.44. The summed E-state index contributed by atoms with van der Waals surface area (Å²) in [5.74, 6) is 0.1000. The molecule has 0 spiro atoms. The maximum Gasteiger partial charge on any atom is 0.240 e. The van der Waals surface area contributed by atoms with Crippen molar-refractivity contribution >= 4 is 34.8 Å². The van der Waals surface area contributed by atoms with E-state index in [-0.39, 0.29) is 18.2 Å². The lowest BCUT2D eigenvalue weighted by molar-refractivity contribution is -0.121. The monoisotopic (exact) mass is 339 g/mol. The van der Waals surface area contributed by atoms with Crippen LogP contribution in [0, 0.1) is 0 Å². The van der Waals surface area contributed by atoms with Gasteiger partial charge in [-0.2, -0.15) is 5.10 Å². The highest BCUT2D eigenvalue weighted by molar-refractivity contribution is 6.31. The van der Waals surface area contributed by atoms with Crippen molar-refractivity contribution in [3.63, 3.8) is 0 Å². The highest BCUT2D eigenvalue weighted by Gasteiger charge is 2.10. The van der Waals surface area contributed by atoms with Crippen LogP contribution < -0.4 is 15.5 Å². The molecule has 0 fully saturated rings. The Labute approximate surface area is 141 Å². The number of benzene rings is 1. The Kier molecular flexibility index (Phi) is 8.11. The normalized spacial score (nSPS) is 11.0. The van der Waals surface area contributed by atoms with Crippen molar-refractivity contribution in [1.29, 1.82) is 0 Å². The second-order valence-electron chi connectivity index (χ2n) is 5.06. The van der Waals surface area contributed by atoms with Gasteiger partial charge in [-0.05, 0) is 31.5 Å². The average Bonchev–Trinajstić information content (AvgIpc) is 2.51. The van der Waals surface area contributed by atoms with E-state index in [2.05, 4.69) is 15.8 Å². The number of unbranched alkanes of at least 4 members (excludes halogenated alkanes) is 1. The molecule has 0 heterocycles. The number of hydrazone groups is 1. The number of anilines is 1. The molecule has 1 aromatic rings. The van der Waals surface area contributed by atoms with Crippen LogP contribution in [0.3, 0.4) is 0 Å². The van der Waals surface area contributed by atoms with Gasteiger partial charge in [0.15, 0.2) is 0 Å². The standard InChI is InChI=1S/C16H22ClN3O3/c1-4-5-6-15(21)20-19-11(2)9-16(22)18-13-10-12(17)7-8-14(13)23-3/h7-8,10H,4-6,9H2,1-3H3,(H,18,22)(H,20,21)/b19-11-. The maximum atomic E-state index is 12.0. The molecule has 0 aliphatic heterocycles. The Bertz CT molecular complexity index is 588. The smallest absolute Gasteiger partial charge is 0.240 e. The molecule has 6 nitrogen and oxygen atoms in total. The van der Waals surface area contributed by atoms with Crippen LogP contribution in [0.2, 0.25) is 5.02 Å². The van der Waals surface area contributed by atoms with Crippen molar-refractivity contribution in [2.45, 2.75) is 39.5 Å². The first kappa shape index (κ1) is 19.0. The van der Waals surface area contributed by atoms with E-state index in [4.69, 9.17) is 16.3 Å². The van der Waals surface area contributed by atoms with E-state index in [0.717, 1.165) is 12.8 Å². The molecular formula is C16H22ClN3O3. The predicted octanol–water partition coefficient (Wildman–Crippen LogP) is 3.36. The Morgan fingerprint density at radius 1 is 1.30 bits per heavy atom. The summed E-state index contributed by atoms with van der Waals surface area (Å²) in [4.78, 5) is 23.5. The number of rotatable bonds is 8. The van der Waals surface area contributed by atoms with E-state index in [0.29, 0.717) is 28.6 Å². The average molecular weight is 340 g/mol. The topological polar surface area (TPSA) is 79.8 Å². The van der Waals surface area contributed by atoms with E-state index < -0.39 is 0 Å². The van der Waals surface area contributed by atoms with Gasteiger partial charge in [-0.1, -0.05) is 24.9 Å². The van der Waals surface area contributed by atoms with E-state index in [1.165, 1.54) is 7.11 Å². The van der Waals surface area contributed by atoms with E-state index in [9.17, 15) is 9.59 Å². The highest BCUT2D eigenvalue weighted by Crippen LogP contribution is 2.27. The van der Waals surface area contributed by atoms with E-state index in [1.807, 2.05) is 6.92 Å². The first-order valence-corrected chi connectivity index (χ1v) is 7.79. The van der Waals surface area contributed by atoms with Crippen molar-refractivity contribution in [2.75, 3.05) is 12.4 Å². The molecule has 1 aromatic carbocycles. The number of methoxy groups -OCH3 is 1. The van der Waals surface area contributed by atoms with Gasteiger partial charge in [0.25, 0.3) is 0 Å². The summed E-state index contributed by atoms with van der Waals surface area (Å²) >= 11 is 5.91. The zero-order valence-corrected chi connectivity index (χ0v) is 14.4. The molecule has 23 heavy (non-hydrogen) atoms. The zero-order valence-electron chi connectivity index (χ0n) is 13.6. The summed E-state index contributed by atoms with van der Waals surface area (Å²) < 4.78 is 5.16. The molecule has 2 amide bonds. The number of halogens is 1. The first-order valence-electron chi connectivity index (χ1n) is 7.41. The third kappa shape index (κ3) is 7.15. The first-order chi connectivity index (χ1) is 11.0. The van der Waals surface area contributed by atoms with Crippen LogP contribution in [0.15, 0.2) is 23.3 Å². The summed E-state index contributed by atoms with van der Waals surface area (Å²) in [5, 5.41) is 7.13. The zero-order chi connectivity index (χ0) is 17.2. The molecule has 0 atom stereocenters. The minimum absolute atomic E-state index is 0.0593. The Hall–Kier alpha value is -2.08. The highest BCUT2D eigenvalue weighted by atomic mass is 35.5. The summed E-state index contributed by atoms with van der Waals surface area (Å²) in [6.07, 6.45) is 2.25. The maximum absolute atomic E-state index is 12.0. The molecule has 7 heteroatoms. The second kappa shape index (κ2) is 9.84. The summed E-state index contributed by atoms with van der Waals surface area (Å²) in [6, 6.07) is 4.96. The molecule has 0 radical (unpaired) electrons. The predicted molar refractivity (Wildman–Crippen MR) is 92.0 cm³/mol. The number of nitrogens with one attached hydrogen (secondary N) is 2. The largest absolute Gasteiger partial charge is 0.495 e. The van der Waals surface area contributed by atoms with Gasteiger partial charge in [0, 0.05) is 17.2 Å². The fourth-order valence-electron chi connectivity index (χ4n) is 1.80. The Morgan fingerprint density at radius 2 is 2.04 bits per heavy atom. The van der Waals surface area contributed by atoms with Gasteiger partial charge in [0.2, 0.25) is 11.8 Å². The van der Waals surface area contributed by atoms with E-state index >= 15 is 0 Å².